The summed E-state index contributed by atoms with van der Waals surface area (Å²) < 4.78 is 0. The van der Waals surface area contributed by atoms with E-state index in [0.717, 1.165) is 0 Å². The van der Waals surface area contributed by atoms with Crippen LogP contribution < -0.4 is 0 Å². The number of rotatable bonds is 4. The van der Waals surface area contributed by atoms with Crippen LogP contribution in [0.1, 0.15) is 23.2 Å². The zero-order valence-electron chi connectivity index (χ0n) is 7.36. The highest BCUT2D eigenvalue weighted by molar-refractivity contribution is 5.96. The van der Waals surface area contributed by atoms with E-state index in [2.05, 4.69) is 6.58 Å². The van der Waals surface area contributed by atoms with Gasteiger partial charge in [0.1, 0.15) is 5.75 Å². The highest BCUT2D eigenvalue weighted by Gasteiger charge is 2.03. The van der Waals surface area contributed by atoms with Crippen LogP contribution >= 0.6 is 0 Å². The van der Waals surface area contributed by atoms with Crippen LogP contribution in [-0.2, 0) is 0 Å². The molecule has 1 aromatic carbocycles. The van der Waals surface area contributed by atoms with Crippen molar-refractivity contribution in [1.82, 2.24) is 0 Å². The topological polar surface area (TPSA) is 37.3 Å². The Morgan fingerprint density at radius 2 is 2.00 bits per heavy atom. The first-order valence-corrected chi connectivity index (χ1v) is 4.17. The van der Waals surface area contributed by atoms with E-state index in [4.69, 9.17) is 5.11 Å². The average Bonchev–Trinajstić information content (AvgIpc) is 2.15. The molecule has 0 aliphatic carbocycles. The van der Waals surface area contributed by atoms with E-state index >= 15 is 0 Å². The number of phenolic OH excluding ortho intramolecular Hbond substituents is 1. The van der Waals surface area contributed by atoms with Crippen LogP contribution in [0.15, 0.2) is 36.9 Å². The molecule has 0 spiro atoms. The number of aromatic hydroxyl groups is 1. The molecule has 1 rings (SSSR count). The van der Waals surface area contributed by atoms with E-state index < -0.39 is 0 Å². The average molecular weight is 176 g/mol. The van der Waals surface area contributed by atoms with Crippen LogP contribution in [0.3, 0.4) is 0 Å². The molecule has 0 aliphatic rings. The summed E-state index contributed by atoms with van der Waals surface area (Å²) in [6.07, 6.45) is 2.90. The molecule has 2 heteroatoms. The van der Waals surface area contributed by atoms with Crippen molar-refractivity contribution in [2.24, 2.45) is 0 Å². The molecule has 0 amide bonds. The molecule has 0 saturated carbocycles. The molecule has 0 saturated heterocycles. The molecule has 1 aromatic rings. The summed E-state index contributed by atoms with van der Waals surface area (Å²) in [6.45, 7) is 3.55. The fourth-order valence-corrected chi connectivity index (χ4v) is 1.02. The Balaban J connectivity index is 2.66. The first kappa shape index (κ1) is 9.52. The van der Waals surface area contributed by atoms with Crippen molar-refractivity contribution in [1.29, 1.82) is 0 Å². The molecule has 0 fully saturated rings. The second-order valence-electron chi connectivity index (χ2n) is 2.80. The summed E-state index contributed by atoms with van der Waals surface area (Å²) >= 11 is 0. The highest BCUT2D eigenvalue weighted by Crippen LogP contribution is 2.11. The smallest absolute Gasteiger partial charge is 0.163 e. The molecule has 68 valence electrons. The van der Waals surface area contributed by atoms with Gasteiger partial charge < -0.3 is 5.11 Å². The van der Waals surface area contributed by atoms with Crippen molar-refractivity contribution in [2.45, 2.75) is 12.8 Å². The van der Waals surface area contributed by atoms with Crippen LogP contribution in [0, 0.1) is 0 Å². The van der Waals surface area contributed by atoms with Crippen molar-refractivity contribution in [3.63, 3.8) is 0 Å². The summed E-state index contributed by atoms with van der Waals surface area (Å²) in [4.78, 5) is 11.4. The van der Waals surface area contributed by atoms with E-state index in [1.807, 2.05) is 0 Å². The molecule has 0 aliphatic heterocycles. The number of ketones is 1. The summed E-state index contributed by atoms with van der Waals surface area (Å²) in [7, 11) is 0. The summed E-state index contributed by atoms with van der Waals surface area (Å²) in [5.74, 6) is 0.264. The minimum Gasteiger partial charge on any atom is -0.508 e. The van der Waals surface area contributed by atoms with Gasteiger partial charge in [0, 0.05) is 12.0 Å². The van der Waals surface area contributed by atoms with Crippen molar-refractivity contribution in [3.8, 4) is 5.75 Å². The standard InChI is InChI=1S/C11H12O2/c1-2-3-4-11(13)9-5-7-10(12)8-6-9/h2,5-8,12H,1,3-4H2. The number of phenols is 1. The molecule has 1 N–H and O–H groups in total. The van der Waals surface area contributed by atoms with Gasteiger partial charge in [-0.15, -0.1) is 6.58 Å². The van der Waals surface area contributed by atoms with Gasteiger partial charge in [-0.05, 0) is 30.7 Å². The molecule has 0 bridgehead atoms. The fraction of sp³-hybridized carbons (Fsp3) is 0.182. The SMILES string of the molecule is C=CCCC(=O)c1ccc(O)cc1. The maximum atomic E-state index is 11.4. The van der Waals surface area contributed by atoms with Crippen molar-refractivity contribution < 1.29 is 9.90 Å². The third-order valence-electron chi connectivity index (χ3n) is 1.76. The van der Waals surface area contributed by atoms with E-state index in [-0.39, 0.29) is 11.5 Å². The molecule has 0 aromatic heterocycles. The Bertz CT molecular complexity index is 298. The highest BCUT2D eigenvalue weighted by atomic mass is 16.3. The van der Waals surface area contributed by atoms with Gasteiger partial charge in [-0.3, -0.25) is 4.79 Å². The molecular weight excluding hydrogens is 164 g/mol. The monoisotopic (exact) mass is 176 g/mol. The number of allylic oxidation sites excluding steroid dienone is 1. The largest absolute Gasteiger partial charge is 0.508 e. The third kappa shape index (κ3) is 2.75. The molecule has 0 unspecified atom stereocenters. The molecule has 0 atom stereocenters. The predicted octanol–water partition coefficient (Wildman–Crippen LogP) is 2.54. The second kappa shape index (κ2) is 4.45. The van der Waals surface area contributed by atoms with Gasteiger partial charge in [-0.1, -0.05) is 6.08 Å². The van der Waals surface area contributed by atoms with Crippen molar-refractivity contribution >= 4 is 5.78 Å². The van der Waals surface area contributed by atoms with Crippen LogP contribution in [0.2, 0.25) is 0 Å². The van der Waals surface area contributed by atoms with Gasteiger partial charge >= 0.3 is 0 Å². The van der Waals surface area contributed by atoms with Gasteiger partial charge in [-0.2, -0.15) is 0 Å². The lowest BCUT2D eigenvalue weighted by atomic mass is 10.1. The van der Waals surface area contributed by atoms with E-state index in [1.54, 1.807) is 18.2 Å². The van der Waals surface area contributed by atoms with Crippen LogP contribution in [-0.4, -0.2) is 10.9 Å². The van der Waals surface area contributed by atoms with Gasteiger partial charge in [-0.25, -0.2) is 0 Å². The van der Waals surface area contributed by atoms with E-state index in [1.165, 1.54) is 12.1 Å². The molecule has 0 radical (unpaired) electrons. The Labute approximate surface area is 77.5 Å². The fourth-order valence-electron chi connectivity index (χ4n) is 1.02. The molecule has 13 heavy (non-hydrogen) atoms. The minimum absolute atomic E-state index is 0.0832. The van der Waals surface area contributed by atoms with Crippen molar-refractivity contribution in [2.75, 3.05) is 0 Å². The van der Waals surface area contributed by atoms with Crippen molar-refractivity contribution in [3.05, 3.63) is 42.5 Å². The minimum atomic E-state index is 0.0832. The van der Waals surface area contributed by atoms with Crippen LogP contribution in [0.4, 0.5) is 0 Å². The Morgan fingerprint density at radius 1 is 1.38 bits per heavy atom. The first-order chi connectivity index (χ1) is 6.24. The second-order valence-corrected chi connectivity index (χ2v) is 2.80. The molecule has 2 nitrogen and oxygen atoms in total. The summed E-state index contributed by atoms with van der Waals surface area (Å²) in [5.41, 5.74) is 0.639. The summed E-state index contributed by atoms with van der Waals surface area (Å²) in [5, 5.41) is 8.99. The Kier molecular flexibility index (Phi) is 3.26. The number of Topliss-reactive ketones (excluding diaryl/α,β-unsaturated/α-hetero) is 1. The maximum absolute atomic E-state index is 11.4. The van der Waals surface area contributed by atoms with Crippen LogP contribution in [0.25, 0.3) is 0 Å². The van der Waals surface area contributed by atoms with Gasteiger partial charge in [0.15, 0.2) is 5.78 Å². The molecule has 0 heterocycles. The lowest BCUT2D eigenvalue weighted by molar-refractivity contribution is 0.0983. The number of hydrogen-bond donors (Lipinski definition) is 1. The van der Waals surface area contributed by atoms with Gasteiger partial charge in [0.25, 0.3) is 0 Å². The Hall–Kier alpha value is -1.57. The van der Waals surface area contributed by atoms with E-state index in [9.17, 15) is 4.79 Å². The third-order valence-corrected chi connectivity index (χ3v) is 1.76. The lowest BCUT2D eigenvalue weighted by Crippen LogP contribution is -1.97. The maximum Gasteiger partial charge on any atom is 0.163 e. The number of hydrogen-bond acceptors (Lipinski definition) is 2. The lowest BCUT2D eigenvalue weighted by Gasteiger charge is -1.98. The van der Waals surface area contributed by atoms with E-state index in [0.29, 0.717) is 18.4 Å². The van der Waals surface area contributed by atoms with Gasteiger partial charge in [0.05, 0.1) is 0 Å². The predicted molar refractivity (Wildman–Crippen MR) is 51.9 cm³/mol. The van der Waals surface area contributed by atoms with Crippen LogP contribution in [0.5, 0.6) is 5.75 Å². The molecular formula is C11H12O2. The normalized spacial score (nSPS) is 9.54. The summed E-state index contributed by atoms with van der Waals surface area (Å²) in [6, 6.07) is 6.28. The zero-order chi connectivity index (χ0) is 9.68. The van der Waals surface area contributed by atoms with Gasteiger partial charge in [0.2, 0.25) is 0 Å². The zero-order valence-corrected chi connectivity index (χ0v) is 7.36. The number of carbonyl (C=O) groups excluding carboxylic acids is 1. The Morgan fingerprint density at radius 3 is 2.54 bits per heavy atom. The number of benzene rings is 1. The number of carbonyl (C=O) groups is 1. The first-order valence-electron chi connectivity index (χ1n) is 4.17. The quantitative estimate of drug-likeness (QED) is 0.565.